The Kier molecular flexibility index (Phi) is 7.97. The van der Waals surface area contributed by atoms with E-state index >= 15 is 0 Å². The molecule has 1 saturated carbocycles. The van der Waals surface area contributed by atoms with E-state index < -0.39 is 6.10 Å². The number of amides is 1. The van der Waals surface area contributed by atoms with E-state index in [1.54, 1.807) is 11.6 Å². The number of nitrogens with zero attached hydrogens (tertiary/aromatic N) is 1. The number of fused-ring (bicyclic) bond motifs is 3. The summed E-state index contributed by atoms with van der Waals surface area (Å²) in [5.74, 6) is 2.09. The highest BCUT2D eigenvalue weighted by Gasteiger charge is 2.39. The monoisotopic (exact) mass is 456 g/mol. The van der Waals surface area contributed by atoms with Crippen molar-refractivity contribution in [1.82, 2.24) is 10.2 Å². The van der Waals surface area contributed by atoms with Gasteiger partial charge in [0.05, 0.1) is 6.10 Å². The summed E-state index contributed by atoms with van der Waals surface area (Å²) in [4.78, 5) is 14.7. The Morgan fingerprint density at radius 3 is 2.73 bits per heavy atom. The zero-order valence-corrected chi connectivity index (χ0v) is 20.3. The number of aliphatic hydroxyl groups excluding tert-OH is 1. The van der Waals surface area contributed by atoms with Crippen molar-refractivity contribution in [3.63, 3.8) is 0 Å². The minimum absolute atomic E-state index is 0.0213. The van der Waals surface area contributed by atoms with Gasteiger partial charge in [0.1, 0.15) is 13.2 Å². The largest absolute Gasteiger partial charge is 0.486 e. The van der Waals surface area contributed by atoms with E-state index in [0.717, 1.165) is 24.3 Å². The summed E-state index contributed by atoms with van der Waals surface area (Å²) in [6.07, 6.45) is 10.7. The van der Waals surface area contributed by atoms with Crippen molar-refractivity contribution < 1.29 is 19.4 Å². The van der Waals surface area contributed by atoms with Gasteiger partial charge < -0.3 is 24.8 Å². The number of benzene rings is 1. The van der Waals surface area contributed by atoms with Crippen molar-refractivity contribution in [2.75, 3.05) is 39.9 Å². The van der Waals surface area contributed by atoms with Crippen LogP contribution in [0.5, 0.6) is 11.5 Å². The number of hydrogen-bond acceptors (Lipinski definition) is 5. The van der Waals surface area contributed by atoms with Crippen LogP contribution >= 0.6 is 0 Å². The maximum absolute atomic E-state index is 12.3. The third kappa shape index (κ3) is 6.30. The molecule has 0 aromatic heterocycles. The predicted octanol–water partition coefficient (Wildman–Crippen LogP) is 4.24. The zero-order valence-electron chi connectivity index (χ0n) is 20.3. The van der Waals surface area contributed by atoms with E-state index in [-0.39, 0.29) is 12.5 Å². The Bertz CT molecular complexity index is 849. The molecule has 33 heavy (non-hydrogen) atoms. The Morgan fingerprint density at radius 2 is 2.00 bits per heavy atom. The van der Waals surface area contributed by atoms with Gasteiger partial charge in [-0.05, 0) is 94.1 Å². The first-order valence-electron chi connectivity index (χ1n) is 12.7. The molecule has 1 saturated heterocycles. The number of carbonyl (C=O) groups excluding carboxylic acids is 1. The van der Waals surface area contributed by atoms with Gasteiger partial charge in [-0.25, -0.2) is 0 Å². The lowest BCUT2D eigenvalue weighted by atomic mass is 9.70. The summed E-state index contributed by atoms with van der Waals surface area (Å²) in [5.41, 5.74) is 2.63. The van der Waals surface area contributed by atoms with E-state index in [1.807, 2.05) is 12.1 Å². The average molecular weight is 457 g/mol. The number of hydrogen-bond donors (Lipinski definition) is 2. The molecule has 2 aliphatic carbocycles. The van der Waals surface area contributed by atoms with Crippen molar-refractivity contribution in [1.29, 1.82) is 0 Å². The fourth-order valence-electron chi connectivity index (χ4n) is 5.45. The molecular formula is C27H40N2O4. The Hall–Kier alpha value is -2.05. The molecule has 4 aliphatic rings. The average Bonchev–Trinajstić information content (AvgIpc) is 3.46. The highest BCUT2D eigenvalue weighted by molar-refractivity contribution is 5.76. The zero-order chi connectivity index (χ0) is 23.3. The second-order valence-corrected chi connectivity index (χ2v) is 10.3. The van der Waals surface area contributed by atoms with E-state index in [0.29, 0.717) is 36.5 Å². The second-order valence-electron chi connectivity index (χ2n) is 10.3. The van der Waals surface area contributed by atoms with E-state index in [9.17, 15) is 9.90 Å². The molecule has 0 radical (unpaired) electrons. The molecule has 1 aromatic rings. The lowest BCUT2D eigenvalue weighted by molar-refractivity contribution is -0.122. The van der Waals surface area contributed by atoms with Gasteiger partial charge in [0.15, 0.2) is 11.5 Å². The first-order valence-corrected chi connectivity index (χ1v) is 12.7. The normalized spacial score (nSPS) is 26.8. The molecule has 2 heterocycles. The molecule has 6 heteroatoms. The van der Waals surface area contributed by atoms with Gasteiger partial charge in [0.25, 0.3) is 0 Å². The number of aliphatic hydroxyl groups is 1. The highest BCUT2D eigenvalue weighted by Crippen LogP contribution is 2.52. The molecule has 0 spiro atoms. The summed E-state index contributed by atoms with van der Waals surface area (Å²) in [6.45, 7) is 6.22. The summed E-state index contributed by atoms with van der Waals surface area (Å²) < 4.78 is 11.0. The fraction of sp³-hybridized carbons (Fsp3) is 0.667. The Labute approximate surface area is 198 Å². The molecule has 2 aliphatic heterocycles. The highest BCUT2D eigenvalue weighted by atomic mass is 16.6. The quantitative estimate of drug-likeness (QED) is 0.627. The van der Waals surface area contributed by atoms with E-state index in [2.05, 4.69) is 30.3 Å². The number of allylic oxidation sites excluding steroid dienone is 2. The number of likely N-dealkylation sites (tertiary alicyclic amines) is 1. The smallest absolute Gasteiger partial charge is 0.220 e. The molecule has 5 rings (SSSR count). The SMILES string of the molecule is CC1CCC2(CCC(=O)NCC(O)c3ccc4c(c3)OCCO4)CC=C1C2.CN1CCCC1. The van der Waals surface area contributed by atoms with Crippen LogP contribution < -0.4 is 14.8 Å². The summed E-state index contributed by atoms with van der Waals surface area (Å²) in [7, 11) is 2.17. The molecule has 182 valence electrons. The molecule has 2 fully saturated rings. The number of carbonyl (C=O) groups is 1. The maximum Gasteiger partial charge on any atom is 0.220 e. The molecule has 2 bridgehead atoms. The van der Waals surface area contributed by atoms with Crippen molar-refractivity contribution in [2.45, 2.75) is 64.4 Å². The molecular weight excluding hydrogens is 416 g/mol. The predicted molar refractivity (Wildman–Crippen MR) is 130 cm³/mol. The first-order chi connectivity index (χ1) is 15.9. The van der Waals surface area contributed by atoms with Crippen molar-refractivity contribution in [3.05, 3.63) is 35.4 Å². The van der Waals surface area contributed by atoms with Crippen LogP contribution in [0.25, 0.3) is 0 Å². The minimum Gasteiger partial charge on any atom is -0.486 e. The first kappa shape index (κ1) is 24.1. The van der Waals surface area contributed by atoms with Gasteiger partial charge in [0.2, 0.25) is 5.91 Å². The lowest BCUT2D eigenvalue weighted by Gasteiger charge is -2.35. The van der Waals surface area contributed by atoms with Gasteiger partial charge >= 0.3 is 0 Å². The maximum atomic E-state index is 12.3. The molecule has 6 nitrogen and oxygen atoms in total. The standard InChI is InChI=1S/C22H29NO4.C5H11N/c1-15-4-7-22(8-5-17(15)13-22)9-6-21(25)23-14-18(24)16-2-3-19-20(12-16)27-11-10-26-19;1-6-4-2-3-5-6/h2-3,5,12,15,18,24H,4,6-11,13-14H2,1H3,(H,23,25);2-5H2,1H3. The Morgan fingerprint density at radius 1 is 1.24 bits per heavy atom. The van der Waals surface area contributed by atoms with Crippen LogP contribution in [0, 0.1) is 11.3 Å². The van der Waals surface area contributed by atoms with Crippen LogP contribution in [-0.4, -0.2) is 55.8 Å². The summed E-state index contributed by atoms with van der Waals surface area (Å²) in [5, 5.41) is 13.3. The van der Waals surface area contributed by atoms with Crippen LogP contribution in [0.15, 0.2) is 29.8 Å². The number of ether oxygens (including phenoxy) is 2. The summed E-state index contributed by atoms with van der Waals surface area (Å²) >= 11 is 0. The van der Waals surface area contributed by atoms with Gasteiger partial charge in [-0.2, -0.15) is 0 Å². The van der Waals surface area contributed by atoms with Crippen molar-refractivity contribution in [2.24, 2.45) is 11.3 Å². The van der Waals surface area contributed by atoms with Crippen LogP contribution in [0.1, 0.15) is 70.0 Å². The van der Waals surface area contributed by atoms with Crippen molar-refractivity contribution >= 4 is 5.91 Å². The number of nitrogens with one attached hydrogen (secondary N) is 1. The number of rotatable bonds is 6. The van der Waals surface area contributed by atoms with Gasteiger partial charge in [-0.1, -0.05) is 24.6 Å². The van der Waals surface area contributed by atoms with Crippen LogP contribution in [0.3, 0.4) is 0 Å². The van der Waals surface area contributed by atoms with Crippen LogP contribution in [-0.2, 0) is 4.79 Å². The molecule has 1 amide bonds. The summed E-state index contributed by atoms with van der Waals surface area (Å²) in [6, 6.07) is 5.42. The Balaban J connectivity index is 0.000000376. The van der Waals surface area contributed by atoms with Gasteiger partial charge in [-0.15, -0.1) is 0 Å². The molecule has 1 aromatic carbocycles. The minimum atomic E-state index is -0.752. The molecule has 3 unspecified atom stereocenters. The molecule has 3 atom stereocenters. The van der Waals surface area contributed by atoms with Crippen LogP contribution in [0.4, 0.5) is 0 Å². The second kappa shape index (κ2) is 10.9. The van der Waals surface area contributed by atoms with E-state index in [1.165, 1.54) is 45.2 Å². The van der Waals surface area contributed by atoms with Gasteiger partial charge in [0, 0.05) is 13.0 Å². The topological polar surface area (TPSA) is 71.0 Å². The van der Waals surface area contributed by atoms with Gasteiger partial charge in [-0.3, -0.25) is 4.79 Å². The van der Waals surface area contributed by atoms with Crippen molar-refractivity contribution in [3.8, 4) is 11.5 Å². The molecule has 2 N–H and O–H groups in total. The lowest BCUT2D eigenvalue weighted by Crippen LogP contribution is -2.31. The van der Waals surface area contributed by atoms with Crippen LogP contribution in [0.2, 0.25) is 0 Å². The third-order valence-corrected chi connectivity index (χ3v) is 7.77. The third-order valence-electron chi connectivity index (χ3n) is 7.77. The fourth-order valence-corrected chi connectivity index (χ4v) is 5.45. The van der Waals surface area contributed by atoms with E-state index in [4.69, 9.17) is 9.47 Å².